The first-order valence-electron chi connectivity index (χ1n) is 13.9. The second-order valence-corrected chi connectivity index (χ2v) is 10.4. The van der Waals surface area contributed by atoms with E-state index in [-0.39, 0.29) is 5.92 Å². The van der Waals surface area contributed by atoms with Crippen LogP contribution in [-0.4, -0.2) is 15.0 Å². The molecule has 0 amide bonds. The highest BCUT2D eigenvalue weighted by atomic mass is 16.3. The van der Waals surface area contributed by atoms with Gasteiger partial charge in [0.05, 0.1) is 0 Å². The van der Waals surface area contributed by atoms with Gasteiger partial charge in [-0.15, -0.1) is 0 Å². The number of rotatable bonds is 4. The molecule has 8 rings (SSSR count). The number of benzene rings is 5. The Balaban J connectivity index is 1.36. The molecular formula is C37H25N3O. The third-order valence-electron chi connectivity index (χ3n) is 7.83. The van der Waals surface area contributed by atoms with Gasteiger partial charge in [0.15, 0.2) is 11.6 Å². The topological polar surface area (TPSA) is 51.8 Å². The van der Waals surface area contributed by atoms with E-state index in [4.69, 9.17) is 19.4 Å². The van der Waals surface area contributed by atoms with E-state index in [1.54, 1.807) is 0 Å². The van der Waals surface area contributed by atoms with Crippen LogP contribution < -0.4 is 0 Å². The van der Waals surface area contributed by atoms with Crippen LogP contribution >= 0.6 is 0 Å². The van der Waals surface area contributed by atoms with E-state index in [9.17, 15) is 0 Å². The van der Waals surface area contributed by atoms with Crippen molar-refractivity contribution >= 4 is 32.7 Å². The quantitative estimate of drug-likeness (QED) is 0.229. The summed E-state index contributed by atoms with van der Waals surface area (Å²) in [5, 5.41) is 4.51. The zero-order valence-electron chi connectivity index (χ0n) is 22.2. The average Bonchev–Trinajstić information content (AvgIpc) is 3.43. The Morgan fingerprint density at radius 3 is 2.29 bits per heavy atom. The molecule has 0 saturated heterocycles. The average molecular weight is 528 g/mol. The van der Waals surface area contributed by atoms with E-state index >= 15 is 0 Å². The summed E-state index contributed by atoms with van der Waals surface area (Å²) >= 11 is 0. The predicted octanol–water partition coefficient (Wildman–Crippen LogP) is 9.52. The van der Waals surface area contributed by atoms with Crippen molar-refractivity contribution in [3.63, 3.8) is 0 Å². The Morgan fingerprint density at radius 2 is 1.39 bits per heavy atom. The lowest BCUT2D eigenvalue weighted by molar-refractivity contribution is 0.669. The molecule has 41 heavy (non-hydrogen) atoms. The van der Waals surface area contributed by atoms with Gasteiger partial charge in [-0.05, 0) is 46.5 Å². The molecule has 0 saturated carbocycles. The number of allylic oxidation sites excluding steroid dienone is 4. The van der Waals surface area contributed by atoms with Crippen LogP contribution in [0, 0.1) is 0 Å². The first-order valence-corrected chi connectivity index (χ1v) is 13.9. The van der Waals surface area contributed by atoms with Crippen LogP contribution in [0.1, 0.15) is 18.2 Å². The van der Waals surface area contributed by atoms with Gasteiger partial charge in [0.1, 0.15) is 17.0 Å². The molecule has 0 fully saturated rings. The summed E-state index contributed by atoms with van der Waals surface area (Å²) in [6.07, 6.45) is 9.33. The molecule has 5 aromatic carbocycles. The lowest BCUT2D eigenvalue weighted by atomic mass is 9.96. The van der Waals surface area contributed by atoms with Crippen molar-refractivity contribution in [2.75, 3.05) is 0 Å². The van der Waals surface area contributed by atoms with Gasteiger partial charge in [-0.1, -0.05) is 115 Å². The molecule has 194 valence electrons. The fourth-order valence-electron chi connectivity index (χ4n) is 5.82. The normalized spacial score (nSPS) is 14.8. The molecule has 1 atom stereocenters. The van der Waals surface area contributed by atoms with Crippen molar-refractivity contribution in [1.29, 1.82) is 0 Å². The highest BCUT2D eigenvalue weighted by molar-refractivity contribution is 6.13. The highest BCUT2D eigenvalue weighted by Gasteiger charge is 2.20. The minimum Gasteiger partial charge on any atom is -0.456 e. The molecule has 2 heterocycles. The van der Waals surface area contributed by atoms with Crippen molar-refractivity contribution in [3.05, 3.63) is 139 Å². The summed E-state index contributed by atoms with van der Waals surface area (Å²) in [6.45, 7) is 0. The molecule has 0 bridgehead atoms. The summed E-state index contributed by atoms with van der Waals surface area (Å²) in [6, 6.07) is 37.7. The first-order chi connectivity index (χ1) is 20.3. The Hall–Kier alpha value is -5.35. The highest BCUT2D eigenvalue weighted by Crippen LogP contribution is 2.39. The minimum absolute atomic E-state index is 0.0995. The van der Waals surface area contributed by atoms with E-state index in [0.29, 0.717) is 11.6 Å². The van der Waals surface area contributed by atoms with Crippen molar-refractivity contribution in [2.24, 2.45) is 0 Å². The number of furan rings is 1. The van der Waals surface area contributed by atoms with Crippen molar-refractivity contribution < 1.29 is 4.42 Å². The van der Waals surface area contributed by atoms with Crippen molar-refractivity contribution in [2.45, 2.75) is 12.3 Å². The standard InChI is InChI=1S/C37H25N3O/c1-3-12-25(13-4-1)35-38-36(26-14-5-2-6-15-26)40-37(39-35)30-19-10-20-33-34(30)31-23-27(21-22-32(31)41-33)29-18-9-16-24-11-7-8-17-28(24)29/h1-14,16-23,26H,15H2. The van der Waals surface area contributed by atoms with Crippen LogP contribution in [-0.2, 0) is 0 Å². The predicted molar refractivity (Wildman–Crippen MR) is 167 cm³/mol. The molecule has 2 aromatic heterocycles. The SMILES string of the molecule is C1=CCC(c2nc(-c3ccccc3)nc(-c3cccc4oc5ccc(-c6cccc7ccccc67)cc5c34)n2)C=C1. The summed E-state index contributed by atoms with van der Waals surface area (Å²) in [7, 11) is 0. The molecule has 0 aliphatic heterocycles. The van der Waals surface area contributed by atoms with E-state index in [1.165, 1.54) is 16.3 Å². The first kappa shape index (κ1) is 23.5. The number of nitrogens with zero attached hydrogens (tertiary/aromatic N) is 3. The van der Waals surface area contributed by atoms with Crippen LogP contribution in [0.15, 0.2) is 138 Å². The van der Waals surface area contributed by atoms with E-state index in [1.807, 2.05) is 42.5 Å². The van der Waals surface area contributed by atoms with Gasteiger partial charge in [0, 0.05) is 27.8 Å². The molecule has 4 heteroatoms. The van der Waals surface area contributed by atoms with Gasteiger partial charge in [-0.25, -0.2) is 15.0 Å². The van der Waals surface area contributed by atoms with Gasteiger partial charge in [0.2, 0.25) is 0 Å². The number of aromatic nitrogens is 3. The van der Waals surface area contributed by atoms with Crippen molar-refractivity contribution in [3.8, 4) is 33.9 Å². The Kier molecular flexibility index (Phi) is 5.56. The Morgan fingerprint density at radius 1 is 0.585 bits per heavy atom. The van der Waals surface area contributed by atoms with E-state index in [0.717, 1.165) is 50.9 Å². The summed E-state index contributed by atoms with van der Waals surface area (Å²) < 4.78 is 6.36. The summed E-state index contributed by atoms with van der Waals surface area (Å²) in [5.74, 6) is 2.20. The second kappa shape index (κ2) is 9.68. The molecule has 0 N–H and O–H groups in total. The van der Waals surface area contributed by atoms with Gasteiger partial charge in [-0.3, -0.25) is 0 Å². The van der Waals surface area contributed by atoms with Crippen LogP contribution in [0.25, 0.3) is 66.6 Å². The third kappa shape index (κ3) is 4.12. The van der Waals surface area contributed by atoms with Crippen LogP contribution in [0.2, 0.25) is 0 Å². The second-order valence-electron chi connectivity index (χ2n) is 10.4. The van der Waals surface area contributed by atoms with Crippen LogP contribution in [0.5, 0.6) is 0 Å². The van der Waals surface area contributed by atoms with E-state index in [2.05, 4.69) is 91.0 Å². The number of fused-ring (bicyclic) bond motifs is 4. The maximum Gasteiger partial charge on any atom is 0.164 e. The molecule has 0 radical (unpaired) electrons. The fourth-order valence-corrected chi connectivity index (χ4v) is 5.82. The lowest BCUT2D eigenvalue weighted by Crippen LogP contribution is -2.07. The van der Waals surface area contributed by atoms with Gasteiger partial charge >= 0.3 is 0 Å². The van der Waals surface area contributed by atoms with Gasteiger partial charge in [0.25, 0.3) is 0 Å². The minimum atomic E-state index is 0.0995. The molecular weight excluding hydrogens is 502 g/mol. The molecule has 1 aliphatic rings. The third-order valence-corrected chi connectivity index (χ3v) is 7.83. The lowest BCUT2D eigenvalue weighted by Gasteiger charge is -2.14. The van der Waals surface area contributed by atoms with Crippen LogP contribution in [0.4, 0.5) is 0 Å². The zero-order chi connectivity index (χ0) is 27.2. The van der Waals surface area contributed by atoms with Gasteiger partial charge in [-0.2, -0.15) is 0 Å². The molecule has 7 aromatic rings. The van der Waals surface area contributed by atoms with Gasteiger partial charge < -0.3 is 4.42 Å². The number of hydrogen-bond acceptors (Lipinski definition) is 4. The number of hydrogen-bond donors (Lipinski definition) is 0. The molecule has 4 nitrogen and oxygen atoms in total. The molecule has 1 aliphatic carbocycles. The molecule has 0 spiro atoms. The molecule has 1 unspecified atom stereocenters. The maximum atomic E-state index is 6.36. The zero-order valence-corrected chi connectivity index (χ0v) is 22.2. The smallest absolute Gasteiger partial charge is 0.164 e. The Labute approximate surface area is 237 Å². The summed E-state index contributed by atoms with van der Waals surface area (Å²) in [5.41, 5.74) is 5.91. The largest absolute Gasteiger partial charge is 0.456 e. The van der Waals surface area contributed by atoms with E-state index < -0.39 is 0 Å². The van der Waals surface area contributed by atoms with Crippen molar-refractivity contribution in [1.82, 2.24) is 15.0 Å². The Bertz CT molecular complexity index is 2130. The summed E-state index contributed by atoms with van der Waals surface area (Å²) in [4.78, 5) is 15.0. The monoisotopic (exact) mass is 527 g/mol. The van der Waals surface area contributed by atoms with Crippen LogP contribution in [0.3, 0.4) is 0 Å². The fraction of sp³-hybridized carbons (Fsp3) is 0.0541. The maximum absolute atomic E-state index is 6.36.